The summed E-state index contributed by atoms with van der Waals surface area (Å²) in [5, 5.41) is 13.3. The largest absolute Gasteiger partial charge is 0.380 e. The second kappa shape index (κ2) is 6.96. The molecule has 0 radical (unpaired) electrons. The summed E-state index contributed by atoms with van der Waals surface area (Å²) in [6.45, 7) is 0. The third kappa shape index (κ3) is 3.06. The minimum absolute atomic E-state index is 0.0728. The van der Waals surface area contributed by atoms with E-state index in [0.29, 0.717) is 0 Å². The van der Waals surface area contributed by atoms with E-state index in [-0.39, 0.29) is 13.8 Å². The van der Waals surface area contributed by atoms with Gasteiger partial charge in [0.15, 0.2) is 0 Å². The molecule has 0 aliphatic carbocycles. The van der Waals surface area contributed by atoms with Crippen molar-refractivity contribution in [3.05, 3.63) is 114 Å². The van der Waals surface area contributed by atoms with Crippen molar-refractivity contribution in [1.82, 2.24) is 0 Å². The van der Waals surface area contributed by atoms with Crippen molar-refractivity contribution in [2.75, 3.05) is 6.16 Å². The Balaban J connectivity index is 1.72. The van der Waals surface area contributed by atoms with Gasteiger partial charge >= 0.3 is 0 Å². The highest BCUT2D eigenvalue weighted by molar-refractivity contribution is 7.68. The van der Waals surface area contributed by atoms with Crippen molar-refractivity contribution in [3.63, 3.8) is 0 Å². The van der Waals surface area contributed by atoms with Crippen molar-refractivity contribution in [1.29, 1.82) is 0 Å². The van der Waals surface area contributed by atoms with Gasteiger partial charge in [0.1, 0.15) is 5.60 Å². The fourth-order valence-electron chi connectivity index (χ4n) is 3.60. The summed E-state index contributed by atoms with van der Waals surface area (Å²) in [5.74, 6) is 2.38. The molecule has 1 N–H and O–H groups in total. The van der Waals surface area contributed by atoms with Crippen LogP contribution in [0.5, 0.6) is 0 Å². The van der Waals surface area contributed by atoms with Gasteiger partial charge in [-0.25, -0.2) is 0 Å². The Morgan fingerprint density at radius 2 is 1.20 bits per heavy atom. The fourth-order valence-corrected chi connectivity index (χ4v) is 5.89. The van der Waals surface area contributed by atoms with Gasteiger partial charge in [0.25, 0.3) is 0 Å². The molecule has 2 heteroatoms. The lowest BCUT2D eigenvalue weighted by Gasteiger charge is -2.35. The van der Waals surface area contributed by atoms with E-state index in [1.54, 1.807) is 0 Å². The number of hydrogen-bond donors (Lipinski definition) is 1. The Labute approximate surface area is 150 Å². The van der Waals surface area contributed by atoms with Crippen molar-refractivity contribution < 1.29 is 5.11 Å². The molecule has 0 saturated carbocycles. The minimum Gasteiger partial charge on any atom is -0.380 e. The van der Waals surface area contributed by atoms with Crippen LogP contribution in [0.4, 0.5) is 0 Å². The SMILES string of the molecule is OC(c1ccccc1)(c1ccccc1)[C@@H]1C=CP(c2ccccc2)C1. The molecule has 0 saturated heterocycles. The van der Waals surface area contributed by atoms with Gasteiger partial charge in [-0.2, -0.15) is 0 Å². The van der Waals surface area contributed by atoms with Crippen LogP contribution in [0.2, 0.25) is 0 Å². The molecule has 124 valence electrons. The molecule has 1 nitrogen and oxygen atoms in total. The van der Waals surface area contributed by atoms with E-state index < -0.39 is 5.60 Å². The first-order valence-corrected chi connectivity index (χ1v) is 10.2. The van der Waals surface area contributed by atoms with E-state index in [0.717, 1.165) is 17.3 Å². The van der Waals surface area contributed by atoms with Crippen molar-refractivity contribution in [3.8, 4) is 0 Å². The molecule has 0 spiro atoms. The first-order valence-electron chi connectivity index (χ1n) is 8.62. The summed E-state index contributed by atoms with van der Waals surface area (Å²) in [4.78, 5) is 0. The maximum Gasteiger partial charge on any atom is 0.121 e. The standard InChI is InChI=1S/C23H21OP/c24-23(19-10-4-1-5-11-19,20-12-6-2-7-13-20)21-16-17-25(18-21)22-14-8-3-9-15-22/h1-17,21,24H,18H2/t21-,25?/m1/s1. The summed E-state index contributed by atoms with van der Waals surface area (Å²) in [7, 11) is -0.365. The highest BCUT2D eigenvalue weighted by Crippen LogP contribution is 2.51. The third-order valence-electron chi connectivity index (χ3n) is 4.94. The van der Waals surface area contributed by atoms with Crippen LogP contribution in [0.25, 0.3) is 0 Å². The Bertz CT molecular complexity index is 804. The first-order chi connectivity index (χ1) is 12.3. The average Bonchev–Trinajstić information content (AvgIpc) is 3.20. The molecule has 1 aliphatic heterocycles. The predicted octanol–water partition coefficient (Wildman–Crippen LogP) is 4.87. The molecule has 1 unspecified atom stereocenters. The van der Waals surface area contributed by atoms with E-state index in [1.807, 2.05) is 60.7 Å². The van der Waals surface area contributed by atoms with Crippen LogP contribution in [0.1, 0.15) is 11.1 Å². The van der Waals surface area contributed by atoms with Crippen LogP contribution >= 0.6 is 7.92 Å². The van der Waals surface area contributed by atoms with E-state index in [4.69, 9.17) is 0 Å². The minimum atomic E-state index is -0.995. The van der Waals surface area contributed by atoms with E-state index in [9.17, 15) is 5.11 Å². The quantitative estimate of drug-likeness (QED) is 0.669. The topological polar surface area (TPSA) is 20.2 Å². The first kappa shape index (κ1) is 16.3. The smallest absolute Gasteiger partial charge is 0.121 e. The molecule has 0 fully saturated rings. The Kier molecular flexibility index (Phi) is 4.53. The summed E-state index contributed by atoms with van der Waals surface area (Å²) >= 11 is 0. The zero-order chi connectivity index (χ0) is 17.1. The summed E-state index contributed by atoms with van der Waals surface area (Å²) in [6.07, 6.45) is 3.19. The van der Waals surface area contributed by atoms with Gasteiger partial charge in [-0.3, -0.25) is 0 Å². The van der Waals surface area contributed by atoms with Crippen LogP contribution < -0.4 is 5.30 Å². The fraction of sp³-hybridized carbons (Fsp3) is 0.130. The number of hydrogen-bond acceptors (Lipinski definition) is 1. The summed E-state index contributed by atoms with van der Waals surface area (Å²) in [5.41, 5.74) is 0.923. The van der Waals surface area contributed by atoms with Gasteiger partial charge in [-0.05, 0) is 22.6 Å². The van der Waals surface area contributed by atoms with E-state index in [1.165, 1.54) is 5.30 Å². The van der Waals surface area contributed by atoms with Gasteiger partial charge in [0.2, 0.25) is 0 Å². The van der Waals surface area contributed by atoms with Crippen LogP contribution in [0.3, 0.4) is 0 Å². The number of benzene rings is 3. The molecule has 0 amide bonds. The van der Waals surface area contributed by atoms with Gasteiger partial charge in [0.05, 0.1) is 0 Å². The zero-order valence-electron chi connectivity index (χ0n) is 14.0. The Morgan fingerprint density at radius 1 is 0.720 bits per heavy atom. The molecular weight excluding hydrogens is 323 g/mol. The number of rotatable bonds is 4. The van der Waals surface area contributed by atoms with Crippen molar-refractivity contribution in [2.45, 2.75) is 5.60 Å². The molecule has 0 bridgehead atoms. The van der Waals surface area contributed by atoms with Gasteiger partial charge in [-0.1, -0.05) is 111 Å². The lowest BCUT2D eigenvalue weighted by molar-refractivity contribution is 0.0458. The van der Waals surface area contributed by atoms with Crippen molar-refractivity contribution in [2.24, 2.45) is 5.92 Å². The molecule has 4 rings (SSSR count). The normalized spacial score (nSPS) is 19.9. The summed E-state index contributed by atoms with van der Waals surface area (Å²) < 4.78 is 0. The maximum absolute atomic E-state index is 11.9. The maximum atomic E-state index is 11.9. The predicted molar refractivity (Wildman–Crippen MR) is 106 cm³/mol. The zero-order valence-corrected chi connectivity index (χ0v) is 14.9. The Morgan fingerprint density at radius 3 is 1.72 bits per heavy atom. The second-order valence-electron chi connectivity index (χ2n) is 6.43. The molecular formula is C23H21OP. The highest BCUT2D eigenvalue weighted by Gasteiger charge is 2.41. The van der Waals surface area contributed by atoms with E-state index >= 15 is 0 Å². The lowest BCUT2D eigenvalue weighted by Crippen LogP contribution is -2.36. The van der Waals surface area contributed by atoms with Crippen LogP contribution in [0.15, 0.2) is 103 Å². The van der Waals surface area contributed by atoms with Crippen LogP contribution in [0, 0.1) is 5.92 Å². The Hall–Kier alpha value is -2.21. The molecule has 3 aromatic rings. The number of aliphatic hydroxyl groups is 1. The molecule has 0 aromatic heterocycles. The van der Waals surface area contributed by atoms with Gasteiger partial charge in [-0.15, -0.1) is 0 Å². The third-order valence-corrected chi connectivity index (χ3v) is 7.22. The molecule has 25 heavy (non-hydrogen) atoms. The second-order valence-corrected chi connectivity index (χ2v) is 8.55. The monoisotopic (exact) mass is 344 g/mol. The average molecular weight is 344 g/mol. The molecule has 3 aromatic carbocycles. The highest BCUT2D eigenvalue weighted by atomic mass is 31.1. The molecule has 1 heterocycles. The van der Waals surface area contributed by atoms with Crippen molar-refractivity contribution >= 4 is 13.2 Å². The molecule has 1 aliphatic rings. The lowest BCUT2D eigenvalue weighted by atomic mass is 9.77. The van der Waals surface area contributed by atoms with E-state index in [2.05, 4.69) is 42.2 Å². The summed E-state index contributed by atoms with van der Waals surface area (Å²) in [6, 6.07) is 30.8. The van der Waals surface area contributed by atoms with Gasteiger partial charge in [0, 0.05) is 5.92 Å². The van der Waals surface area contributed by atoms with Crippen LogP contribution in [-0.4, -0.2) is 11.3 Å². The molecule has 2 atom stereocenters. The van der Waals surface area contributed by atoms with Crippen LogP contribution in [-0.2, 0) is 5.60 Å². The van der Waals surface area contributed by atoms with Gasteiger partial charge < -0.3 is 5.11 Å².